The van der Waals surface area contributed by atoms with Crippen LogP contribution < -0.4 is 5.32 Å². The van der Waals surface area contributed by atoms with Crippen LogP contribution in [0.2, 0.25) is 0 Å². The fraction of sp³-hybridized carbons (Fsp3) is 0.450. The third-order valence-corrected chi connectivity index (χ3v) is 4.93. The fourth-order valence-corrected chi connectivity index (χ4v) is 3.50. The maximum absolute atomic E-state index is 11.7. The number of piperidine rings is 1. The Kier molecular flexibility index (Phi) is 6.04. The summed E-state index contributed by atoms with van der Waals surface area (Å²) in [6.07, 6.45) is 4.33. The second kappa shape index (κ2) is 8.65. The fourth-order valence-electron chi connectivity index (χ4n) is 3.50. The van der Waals surface area contributed by atoms with Gasteiger partial charge >= 0.3 is 5.97 Å². The van der Waals surface area contributed by atoms with E-state index in [-0.39, 0.29) is 11.9 Å². The Morgan fingerprint density at radius 3 is 2.81 bits per heavy atom. The second-order valence-corrected chi connectivity index (χ2v) is 6.50. The molecule has 0 spiro atoms. The van der Waals surface area contributed by atoms with Crippen LogP contribution >= 0.6 is 0 Å². The maximum atomic E-state index is 11.7. The summed E-state index contributed by atoms with van der Waals surface area (Å²) in [5.74, 6) is 0.800. The van der Waals surface area contributed by atoms with Gasteiger partial charge in [0, 0.05) is 38.3 Å². The van der Waals surface area contributed by atoms with E-state index in [1.54, 1.807) is 7.05 Å². The molecule has 138 valence electrons. The number of aliphatic imine (C=N–C) groups is 1. The highest BCUT2D eigenvalue weighted by atomic mass is 16.5. The lowest BCUT2D eigenvalue weighted by atomic mass is 9.97. The molecule has 1 fully saturated rings. The highest BCUT2D eigenvalue weighted by Crippen LogP contribution is 2.19. The molecule has 1 aromatic carbocycles. The summed E-state index contributed by atoms with van der Waals surface area (Å²) in [6, 6.07) is 10.3. The average Bonchev–Trinajstić information content (AvgIpc) is 2.71. The van der Waals surface area contributed by atoms with E-state index < -0.39 is 0 Å². The van der Waals surface area contributed by atoms with E-state index in [1.165, 1.54) is 18.1 Å². The van der Waals surface area contributed by atoms with Gasteiger partial charge in [-0.25, -0.2) is 0 Å². The quantitative estimate of drug-likeness (QED) is 0.518. The lowest BCUT2D eigenvalue weighted by Crippen LogP contribution is -2.47. The molecule has 0 unspecified atom stereocenters. The number of carbonyl (C=O) groups is 1. The standard InChI is InChI=1S/C20H26N4O2/c1-21-20(24-13-9-17(10-14-24)19(25)26-2)23-12-8-16-6-3-5-15-7-4-11-22-18(15)16/h3-7,11,17H,8-10,12-14H2,1-2H3,(H,21,23). The van der Waals surface area contributed by atoms with E-state index in [9.17, 15) is 4.79 Å². The molecule has 3 rings (SSSR count). The maximum Gasteiger partial charge on any atom is 0.308 e. The number of esters is 1. The summed E-state index contributed by atoms with van der Waals surface area (Å²) in [6.45, 7) is 2.42. The predicted octanol–water partition coefficient (Wildman–Crippen LogP) is 2.24. The minimum atomic E-state index is -0.101. The van der Waals surface area contributed by atoms with Gasteiger partial charge in [0.15, 0.2) is 5.96 Å². The number of methoxy groups -OCH3 is 1. The highest BCUT2D eigenvalue weighted by Gasteiger charge is 2.26. The zero-order valence-electron chi connectivity index (χ0n) is 15.4. The van der Waals surface area contributed by atoms with Crippen molar-refractivity contribution in [2.75, 3.05) is 33.8 Å². The minimum Gasteiger partial charge on any atom is -0.469 e. The number of fused-ring (bicyclic) bond motifs is 1. The summed E-state index contributed by atoms with van der Waals surface area (Å²) in [7, 11) is 3.26. The highest BCUT2D eigenvalue weighted by molar-refractivity contribution is 5.82. The van der Waals surface area contributed by atoms with E-state index in [2.05, 4.69) is 44.5 Å². The molecule has 0 radical (unpaired) electrons. The first-order valence-electron chi connectivity index (χ1n) is 9.09. The molecule has 1 aromatic heterocycles. The van der Waals surface area contributed by atoms with Crippen LogP contribution in [-0.4, -0.2) is 55.6 Å². The first-order valence-corrected chi connectivity index (χ1v) is 9.09. The van der Waals surface area contributed by atoms with Gasteiger partial charge in [0.25, 0.3) is 0 Å². The van der Waals surface area contributed by atoms with Crippen molar-refractivity contribution < 1.29 is 9.53 Å². The van der Waals surface area contributed by atoms with Gasteiger partial charge in [-0.2, -0.15) is 0 Å². The van der Waals surface area contributed by atoms with Gasteiger partial charge < -0.3 is 15.0 Å². The number of ether oxygens (including phenoxy) is 1. The molecule has 6 heteroatoms. The first kappa shape index (κ1) is 18.2. The van der Waals surface area contributed by atoms with Gasteiger partial charge in [0.1, 0.15) is 0 Å². The normalized spacial score (nSPS) is 15.9. The molecule has 1 saturated heterocycles. The molecule has 0 aliphatic carbocycles. The topological polar surface area (TPSA) is 66.8 Å². The number of para-hydroxylation sites is 1. The molecule has 1 aliphatic rings. The third kappa shape index (κ3) is 4.12. The SMILES string of the molecule is CN=C(NCCc1cccc2cccnc12)N1CCC(C(=O)OC)CC1. The molecular formula is C20H26N4O2. The first-order chi connectivity index (χ1) is 12.7. The lowest BCUT2D eigenvalue weighted by molar-refractivity contribution is -0.146. The Morgan fingerprint density at radius 1 is 1.31 bits per heavy atom. The molecule has 0 bridgehead atoms. The van der Waals surface area contributed by atoms with Crippen LogP contribution in [0.1, 0.15) is 18.4 Å². The van der Waals surface area contributed by atoms with Crippen LogP contribution in [0.5, 0.6) is 0 Å². The van der Waals surface area contributed by atoms with Crippen LogP contribution in [0.15, 0.2) is 41.5 Å². The zero-order chi connectivity index (χ0) is 18.4. The van der Waals surface area contributed by atoms with Gasteiger partial charge in [0.2, 0.25) is 0 Å². The number of likely N-dealkylation sites (tertiary alicyclic amines) is 1. The van der Waals surface area contributed by atoms with Crippen molar-refractivity contribution in [2.45, 2.75) is 19.3 Å². The van der Waals surface area contributed by atoms with E-state index in [0.717, 1.165) is 50.4 Å². The Hall–Kier alpha value is -2.63. The molecule has 1 aliphatic heterocycles. The largest absolute Gasteiger partial charge is 0.469 e. The molecule has 6 nitrogen and oxygen atoms in total. The van der Waals surface area contributed by atoms with Crippen LogP contribution in [0.25, 0.3) is 10.9 Å². The molecule has 0 saturated carbocycles. The second-order valence-electron chi connectivity index (χ2n) is 6.50. The Labute approximate surface area is 154 Å². The molecule has 0 atom stereocenters. The number of nitrogens with zero attached hydrogens (tertiary/aromatic N) is 3. The van der Waals surface area contributed by atoms with E-state index in [1.807, 2.05) is 12.3 Å². The minimum absolute atomic E-state index is 0.0103. The molecule has 26 heavy (non-hydrogen) atoms. The number of guanidine groups is 1. The smallest absolute Gasteiger partial charge is 0.308 e. The van der Waals surface area contributed by atoms with Crippen LogP contribution in [0.4, 0.5) is 0 Å². The van der Waals surface area contributed by atoms with Crippen molar-refractivity contribution in [3.05, 3.63) is 42.1 Å². The number of aromatic nitrogens is 1. The lowest BCUT2D eigenvalue weighted by Gasteiger charge is -2.33. The number of pyridine rings is 1. The van der Waals surface area contributed by atoms with Gasteiger partial charge in [-0.05, 0) is 30.9 Å². The van der Waals surface area contributed by atoms with Gasteiger partial charge in [0.05, 0.1) is 18.5 Å². The van der Waals surface area contributed by atoms with Crippen molar-refractivity contribution in [1.29, 1.82) is 0 Å². The number of hydrogen-bond acceptors (Lipinski definition) is 4. The van der Waals surface area contributed by atoms with Crippen LogP contribution in [-0.2, 0) is 16.0 Å². The summed E-state index contributed by atoms with van der Waals surface area (Å²) in [5, 5.41) is 4.61. The number of nitrogens with one attached hydrogen (secondary N) is 1. The number of hydrogen-bond donors (Lipinski definition) is 1. The molecule has 1 N–H and O–H groups in total. The zero-order valence-corrected chi connectivity index (χ0v) is 15.4. The Morgan fingerprint density at radius 2 is 2.08 bits per heavy atom. The van der Waals surface area contributed by atoms with Gasteiger partial charge in [-0.3, -0.25) is 14.8 Å². The van der Waals surface area contributed by atoms with Crippen molar-refractivity contribution in [1.82, 2.24) is 15.2 Å². The monoisotopic (exact) mass is 354 g/mol. The van der Waals surface area contributed by atoms with Crippen molar-refractivity contribution in [2.24, 2.45) is 10.9 Å². The van der Waals surface area contributed by atoms with E-state index in [0.29, 0.717) is 0 Å². The molecular weight excluding hydrogens is 328 g/mol. The van der Waals surface area contributed by atoms with E-state index >= 15 is 0 Å². The average molecular weight is 354 g/mol. The Bertz CT molecular complexity index is 777. The van der Waals surface area contributed by atoms with Gasteiger partial charge in [-0.1, -0.05) is 24.3 Å². The summed E-state index contributed by atoms with van der Waals surface area (Å²) < 4.78 is 4.85. The van der Waals surface area contributed by atoms with Crippen molar-refractivity contribution in [3.63, 3.8) is 0 Å². The van der Waals surface area contributed by atoms with Crippen molar-refractivity contribution in [3.8, 4) is 0 Å². The third-order valence-electron chi connectivity index (χ3n) is 4.93. The Balaban J connectivity index is 1.54. The number of benzene rings is 1. The van der Waals surface area contributed by atoms with Gasteiger partial charge in [-0.15, -0.1) is 0 Å². The summed E-state index contributed by atoms with van der Waals surface area (Å²) in [4.78, 5) is 22.8. The van der Waals surface area contributed by atoms with Crippen LogP contribution in [0.3, 0.4) is 0 Å². The van der Waals surface area contributed by atoms with E-state index in [4.69, 9.17) is 4.74 Å². The molecule has 2 heterocycles. The molecule has 0 amide bonds. The summed E-state index contributed by atoms with van der Waals surface area (Å²) in [5.41, 5.74) is 2.29. The van der Waals surface area contributed by atoms with Crippen LogP contribution in [0, 0.1) is 5.92 Å². The summed E-state index contributed by atoms with van der Waals surface area (Å²) >= 11 is 0. The predicted molar refractivity (Wildman–Crippen MR) is 103 cm³/mol. The molecule has 2 aromatic rings. The number of rotatable bonds is 4. The number of carbonyl (C=O) groups excluding carboxylic acids is 1. The van der Waals surface area contributed by atoms with Crippen molar-refractivity contribution >= 4 is 22.8 Å².